The average molecular weight is 376 g/mol. The van der Waals surface area contributed by atoms with Gasteiger partial charge in [-0.05, 0) is 70.4 Å². The van der Waals surface area contributed by atoms with Crippen molar-refractivity contribution in [3.63, 3.8) is 0 Å². The molecule has 150 valence electrons. The lowest BCUT2D eigenvalue weighted by atomic mass is 9.86. The van der Waals surface area contributed by atoms with E-state index in [0.29, 0.717) is 24.3 Å². The van der Waals surface area contributed by atoms with Crippen molar-refractivity contribution in [3.05, 3.63) is 11.9 Å². The molecule has 7 nitrogen and oxygen atoms in total. The molecule has 27 heavy (non-hydrogen) atoms. The van der Waals surface area contributed by atoms with Gasteiger partial charge in [-0.15, -0.1) is 5.10 Å². The van der Waals surface area contributed by atoms with Gasteiger partial charge in [-0.3, -0.25) is 4.79 Å². The first-order chi connectivity index (χ1) is 13.2. The third-order valence-electron chi connectivity index (χ3n) is 6.52. The zero-order chi connectivity index (χ0) is 18.6. The molecule has 0 spiro atoms. The molecule has 3 heterocycles. The first-order valence-corrected chi connectivity index (χ1v) is 10.8. The van der Waals surface area contributed by atoms with Crippen LogP contribution in [0.15, 0.2) is 6.20 Å². The molecule has 0 bridgehead atoms. The number of piperidine rings is 1. The second-order valence-electron chi connectivity index (χ2n) is 8.57. The van der Waals surface area contributed by atoms with E-state index in [1.54, 1.807) is 0 Å². The molecular weight excluding hydrogens is 342 g/mol. The van der Waals surface area contributed by atoms with Crippen LogP contribution < -0.4 is 5.32 Å². The third kappa shape index (κ3) is 4.51. The molecule has 2 saturated heterocycles. The molecule has 1 amide bonds. The van der Waals surface area contributed by atoms with Crippen molar-refractivity contribution in [1.82, 2.24) is 25.2 Å². The first kappa shape index (κ1) is 18.9. The van der Waals surface area contributed by atoms with Gasteiger partial charge in [0.15, 0.2) is 5.69 Å². The number of amides is 1. The Labute approximate surface area is 161 Å². The molecule has 1 unspecified atom stereocenters. The fourth-order valence-corrected chi connectivity index (χ4v) is 4.73. The van der Waals surface area contributed by atoms with Crippen LogP contribution in [0.4, 0.5) is 0 Å². The monoisotopic (exact) mass is 375 g/mol. The van der Waals surface area contributed by atoms with Gasteiger partial charge in [0, 0.05) is 19.2 Å². The molecule has 0 radical (unpaired) electrons. The van der Waals surface area contributed by atoms with Crippen LogP contribution in [0.25, 0.3) is 0 Å². The van der Waals surface area contributed by atoms with Gasteiger partial charge in [0.25, 0.3) is 5.91 Å². The van der Waals surface area contributed by atoms with Gasteiger partial charge in [0.1, 0.15) is 0 Å². The predicted molar refractivity (Wildman–Crippen MR) is 103 cm³/mol. The number of carbonyl (C=O) groups excluding carboxylic acids is 1. The molecule has 2 aliphatic heterocycles. The first-order valence-electron chi connectivity index (χ1n) is 10.8. The number of carbonyl (C=O) groups is 1. The molecule has 4 rings (SSSR count). The van der Waals surface area contributed by atoms with E-state index in [0.717, 1.165) is 64.1 Å². The van der Waals surface area contributed by atoms with Crippen molar-refractivity contribution in [2.45, 2.75) is 76.5 Å². The highest BCUT2D eigenvalue weighted by atomic mass is 16.5. The summed E-state index contributed by atoms with van der Waals surface area (Å²) >= 11 is 0. The summed E-state index contributed by atoms with van der Waals surface area (Å²) in [5.74, 6) is 0.798. The summed E-state index contributed by atoms with van der Waals surface area (Å²) in [6.07, 6.45) is 10.8. The molecular formula is C20H33N5O2. The standard InChI is InChI=1S/C20H33N5O2/c1-15-4-6-16(7-5-15)24(13-18-3-2-12-27-18)20(26)19-14-25(23-22-19)17-8-10-21-11-9-17/h14-18,21H,2-13H2,1H3. The van der Waals surface area contributed by atoms with Crippen LogP contribution in [0.5, 0.6) is 0 Å². The Kier molecular flexibility index (Phi) is 6.08. The summed E-state index contributed by atoms with van der Waals surface area (Å²) in [6.45, 7) is 5.82. The summed E-state index contributed by atoms with van der Waals surface area (Å²) in [7, 11) is 0. The number of hydrogen-bond donors (Lipinski definition) is 1. The van der Waals surface area contributed by atoms with Crippen molar-refractivity contribution < 1.29 is 9.53 Å². The number of rotatable bonds is 5. The Morgan fingerprint density at radius 1 is 1.22 bits per heavy atom. The van der Waals surface area contributed by atoms with Gasteiger partial charge in [-0.1, -0.05) is 12.1 Å². The van der Waals surface area contributed by atoms with E-state index < -0.39 is 0 Å². The summed E-state index contributed by atoms with van der Waals surface area (Å²) in [5, 5.41) is 11.9. The minimum absolute atomic E-state index is 0.0326. The maximum Gasteiger partial charge on any atom is 0.276 e. The van der Waals surface area contributed by atoms with E-state index in [2.05, 4.69) is 27.5 Å². The van der Waals surface area contributed by atoms with Gasteiger partial charge in [-0.25, -0.2) is 4.68 Å². The second kappa shape index (κ2) is 8.69. The highest BCUT2D eigenvalue weighted by Gasteiger charge is 2.32. The smallest absolute Gasteiger partial charge is 0.276 e. The van der Waals surface area contributed by atoms with Gasteiger partial charge in [0.2, 0.25) is 0 Å². The molecule has 1 saturated carbocycles. The summed E-state index contributed by atoms with van der Waals surface area (Å²) in [5.41, 5.74) is 0.491. The third-order valence-corrected chi connectivity index (χ3v) is 6.52. The van der Waals surface area contributed by atoms with Crippen LogP contribution in [-0.2, 0) is 4.74 Å². The highest BCUT2D eigenvalue weighted by molar-refractivity contribution is 5.92. The van der Waals surface area contributed by atoms with Gasteiger partial charge < -0.3 is 15.0 Å². The normalized spacial score (nSPS) is 29.7. The van der Waals surface area contributed by atoms with E-state index in [-0.39, 0.29) is 12.0 Å². The predicted octanol–water partition coefficient (Wildman–Crippen LogP) is 2.40. The van der Waals surface area contributed by atoms with Crippen molar-refractivity contribution in [2.24, 2.45) is 5.92 Å². The van der Waals surface area contributed by atoms with Crippen LogP contribution in [0, 0.1) is 5.92 Å². The van der Waals surface area contributed by atoms with E-state index in [1.807, 2.05) is 10.9 Å². The lowest BCUT2D eigenvalue weighted by Gasteiger charge is -2.37. The van der Waals surface area contributed by atoms with E-state index in [9.17, 15) is 4.79 Å². The molecule has 1 aromatic heterocycles. The minimum Gasteiger partial charge on any atom is -0.376 e. The minimum atomic E-state index is 0.0326. The Morgan fingerprint density at radius 3 is 2.70 bits per heavy atom. The topological polar surface area (TPSA) is 72.3 Å². The van der Waals surface area contributed by atoms with Crippen LogP contribution >= 0.6 is 0 Å². The van der Waals surface area contributed by atoms with Crippen molar-refractivity contribution in [2.75, 3.05) is 26.2 Å². The number of nitrogens with one attached hydrogen (secondary N) is 1. The molecule has 3 aliphatic rings. The Balaban J connectivity index is 1.48. The lowest BCUT2D eigenvalue weighted by molar-refractivity contribution is 0.0337. The Bertz CT molecular complexity index is 614. The molecule has 3 fully saturated rings. The molecule has 1 N–H and O–H groups in total. The van der Waals surface area contributed by atoms with Crippen molar-refractivity contribution in [3.8, 4) is 0 Å². The Morgan fingerprint density at radius 2 is 2.00 bits per heavy atom. The van der Waals surface area contributed by atoms with E-state index in [4.69, 9.17) is 4.74 Å². The molecule has 1 aromatic rings. The SMILES string of the molecule is CC1CCC(N(CC2CCCO2)C(=O)c2cn(C3CCNCC3)nn2)CC1. The quantitative estimate of drug-likeness (QED) is 0.856. The largest absolute Gasteiger partial charge is 0.376 e. The van der Waals surface area contributed by atoms with Crippen LogP contribution in [0.1, 0.15) is 74.8 Å². The fourth-order valence-electron chi connectivity index (χ4n) is 4.73. The van der Waals surface area contributed by atoms with Gasteiger partial charge in [0.05, 0.1) is 18.3 Å². The summed E-state index contributed by atoms with van der Waals surface area (Å²) < 4.78 is 7.74. The summed E-state index contributed by atoms with van der Waals surface area (Å²) in [4.78, 5) is 15.4. The van der Waals surface area contributed by atoms with Crippen LogP contribution in [0.3, 0.4) is 0 Å². The van der Waals surface area contributed by atoms with Gasteiger partial charge >= 0.3 is 0 Å². The Hall–Kier alpha value is -1.47. The molecule has 1 aliphatic carbocycles. The second-order valence-corrected chi connectivity index (χ2v) is 8.57. The lowest BCUT2D eigenvalue weighted by Crippen LogP contribution is -2.46. The average Bonchev–Trinajstić information content (AvgIpc) is 3.39. The molecule has 1 atom stereocenters. The number of hydrogen-bond acceptors (Lipinski definition) is 5. The van der Waals surface area contributed by atoms with Crippen LogP contribution in [0.2, 0.25) is 0 Å². The van der Waals surface area contributed by atoms with Gasteiger partial charge in [-0.2, -0.15) is 0 Å². The maximum atomic E-state index is 13.4. The maximum absolute atomic E-state index is 13.4. The zero-order valence-electron chi connectivity index (χ0n) is 16.5. The number of ether oxygens (including phenoxy) is 1. The van der Waals surface area contributed by atoms with E-state index >= 15 is 0 Å². The number of aromatic nitrogens is 3. The zero-order valence-corrected chi connectivity index (χ0v) is 16.5. The molecule has 0 aromatic carbocycles. The van der Waals surface area contributed by atoms with Crippen molar-refractivity contribution in [1.29, 1.82) is 0 Å². The van der Waals surface area contributed by atoms with Crippen LogP contribution in [-0.4, -0.2) is 64.2 Å². The van der Waals surface area contributed by atoms with E-state index in [1.165, 1.54) is 12.8 Å². The fraction of sp³-hybridized carbons (Fsp3) is 0.850. The van der Waals surface area contributed by atoms with Crippen molar-refractivity contribution >= 4 is 5.91 Å². The summed E-state index contributed by atoms with van der Waals surface area (Å²) in [6, 6.07) is 0.657. The number of nitrogens with zero attached hydrogens (tertiary/aromatic N) is 4. The highest BCUT2D eigenvalue weighted by Crippen LogP contribution is 2.29. The molecule has 7 heteroatoms.